The van der Waals surface area contributed by atoms with Gasteiger partial charge in [0.25, 0.3) is 0 Å². The number of carbonyl (C=O) groups excluding carboxylic acids is 1. The number of ketones is 1. The first-order valence-electron chi connectivity index (χ1n) is 8.48. The van der Waals surface area contributed by atoms with Crippen LogP contribution in [0.5, 0.6) is 5.88 Å². The van der Waals surface area contributed by atoms with Crippen molar-refractivity contribution >= 4 is 22.4 Å². The third kappa shape index (κ3) is 3.65. The summed E-state index contributed by atoms with van der Waals surface area (Å²) in [6.07, 6.45) is -7.40. The van der Waals surface area contributed by atoms with Crippen LogP contribution in [0.4, 0.5) is 27.6 Å². The minimum Gasteiger partial charge on any atom is -0.480 e. The molecule has 0 spiro atoms. The number of aliphatic hydroxyl groups is 1. The highest BCUT2D eigenvalue weighted by Gasteiger charge is 2.49. The van der Waals surface area contributed by atoms with E-state index in [1.54, 1.807) is 12.1 Å². The zero-order chi connectivity index (χ0) is 22.3. The van der Waals surface area contributed by atoms with Crippen molar-refractivity contribution in [3.05, 3.63) is 65.2 Å². The Morgan fingerprint density at radius 3 is 2.23 bits per heavy atom. The third-order valence-corrected chi connectivity index (χ3v) is 4.52. The number of aliphatic hydroxyl groups excluding tert-OH is 1. The molecule has 3 aromatic rings. The molecule has 158 valence electrons. The molecule has 1 unspecified atom stereocenters. The topological polar surface area (TPSA) is 85.4 Å². The summed E-state index contributed by atoms with van der Waals surface area (Å²) >= 11 is 0. The van der Waals surface area contributed by atoms with Crippen LogP contribution >= 0.6 is 0 Å². The van der Waals surface area contributed by atoms with Gasteiger partial charge in [0.05, 0.1) is 23.9 Å². The zero-order valence-electron chi connectivity index (χ0n) is 15.4. The molecule has 0 radical (unpaired) electrons. The van der Waals surface area contributed by atoms with Crippen LogP contribution in [-0.2, 0) is 6.18 Å². The number of hydrogen-bond acceptors (Lipinski definition) is 5. The molecule has 0 fully saturated rings. The molecule has 0 aliphatic heterocycles. The number of benzene rings is 2. The van der Waals surface area contributed by atoms with E-state index >= 15 is 0 Å². The lowest BCUT2D eigenvalue weighted by Crippen LogP contribution is -2.36. The smallest absolute Gasteiger partial charge is 0.416 e. The van der Waals surface area contributed by atoms with Crippen LogP contribution in [0, 0.1) is 0 Å². The van der Waals surface area contributed by atoms with Crippen molar-refractivity contribution in [2.45, 2.75) is 18.2 Å². The minimum absolute atomic E-state index is 0.224. The Bertz CT molecular complexity index is 1100. The summed E-state index contributed by atoms with van der Waals surface area (Å²) in [4.78, 5) is 16.7. The van der Waals surface area contributed by atoms with E-state index in [2.05, 4.69) is 4.98 Å². The molecule has 3 rings (SSSR count). The van der Waals surface area contributed by atoms with Crippen molar-refractivity contribution in [3.8, 4) is 5.88 Å². The number of alkyl halides is 5. The van der Waals surface area contributed by atoms with Crippen LogP contribution in [0.1, 0.15) is 27.6 Å². The van der Waals surface area contributed by atoms with Gasteiger partial charge < -0.3 is 15.6 Å². The Kier molecular flexibility index (Phi) is 5.38. The summed E-state index contributed by atoms with van der Waals surface area (Å²) in [5.41, 5.74) is 3.51. The Labute approximate surface area is 166 Å². The normalized spacial score (nSPS) is 13.3. The number of hydrogen-bond donors (Lipinski definition) is 2. The number of Topliss-reactive ketones (excluding diaryl/α,β-unsaturated/α-hetero) is 1. The number of ether oxygens (including phenoxy) is 1. The van der Waals surface area contributed by atoms with Gasteiger partial charge in [-0.2, -0.15) is 22.0 Å². The predicted octanol–water partition coefficient (Wildman–Crippen LogP) is 4.40. The lowest BCUT2D eigenvalue weighted by Gasteiger charge is -2.23. The van der Waals surface area contributed by atoms with E-state index in [0.29, 0.717) is 29.8 Å². The SMILES string of the molecule is COc1nc2ccccc2c(N)c1C(=O)C(F)(F)C(O)c1ccc(C(F)(F)F)cc1. The predicted molar refractivity (Wildman–Crippen MR) is 98.4 cm³/mol. The van der Waals surface area contributed by atoms with Crippen LogP contribution in [-0.4, -0.2) is 28.9 Å². The number of methoxy groups -OCH3 is 1. The second-order valence-corrected chi connectivity index (χ2v) is 6.40. The molecule has 30 heavy (non-hydrogen) atoms. The van der Waals surface area contributed by atoms with Crippen LogP contribution < -0.4 is 10.5 Å². The van der Waals surface area contributed by atoms with Crippen molar-refractivity contribution in [3.63, 3.8) is 0 Å². The van der Waals surface area contributed by atoms with E-state index in [-0.39, 0.29) is 11.1 Å². The molecule has 2 aromatic carbocycles. The van der Waals surface area contributed by atoms with Crippen LogP contribution in [0.3, 0.4) is 0 Å². The van der Waals surface area contributed by atoms with Crippen molar-refractivity contribution in [2.75, 3.05) is 12.8 Å². The molecule has 0 saturated carbocycles. The molecule has 1 atom stereocenters. The maximum Gasteiger partial charge on any atom is 0.416 e. The zero-order valence-corrected chi connectivity index (χ0v) is 15.4. The standard InChI is InChI=1S/C20H15F5N2O3/c1-30-18-14(15(26)12-4-2-3-5-13(12)27-18)17(29)19(21,22)16(28)10-6-8-11(9-7-10)20(23,24)25/h2-9,16,28H,1H3,(H2,26,27). The number of nitrogens with two attached hydrogens (primary N) is 1. The maximum atomic E-state index is 14.9. The van der Waals surface area contributed by atoms with E-state index in [1.807, 2.05) is 0 Å². The fourth-order valence-electron chi connectivity index (χ4n) is 2.94. The molecule has 0 amide bonds. The van der Waals surface area contributed by atoms with Crippen LogP contribution in [0.2, 0.25) is 0 Å². The molecule has 0 bridgehead atoms. The largest absolute Gasteiger partial charge is 0.480 e. The van der Waals surface area contributed by atoms with Gasteiger partial charge in [0, 0.05) is 5.39 Å². The van der Waals surface area contributed by atoms with Gasteiger partial charge in [-0.15, -0.1) is 0 Å². The van der Waals surface area contributed by atoms with Gasteiger partial charge in [0.1, 0.15) is 5.56 Å². The molecule has 0 saturated heterocycles. The Hall–Kier alpha value is -3.27. The quantitative estimate of drug-likeness (QED) is 0.467. The van der Waals surface area contributed by atoms with Crippen molar-refractivity contribution in [2.24, 2.45) is 0 Å². The molecular formula is C20H15F5N2O3. The monoisotopic (exact) mass is 426 g/mol. The number of anilines is 1. The van der Waals surface area contributed by atoms with E-state index in [9.17, 15) is 31.9 Å². The number of halogens is 5. The van der Waals surface area contributed by atoms with Crippen molar-refractivity contribution < 1.29 is 36.6 Å². The fraction of sp³-hybridized carbons (Fsp3) is 0.200. The maximum absolute atomic E-state index is 14.9. The third-order valence-electron chi connectivity index (χ3n) is 4.52. The highest BCUT2D eigenvalue weighted by atomic mass is 19.4. The van der Waals surface area contributed by atoms with Gasteiger partial charge in [-0.25, -0.2) is 4.98 Å². The summed E-state index contributed by atoms with van der Waals surface area (Å²) < 4.78 is 72.6. The molecule has 1 aromatic heterocycles. The first kappa shape index (κ1) is 21.4. The molecule has 3 N–H and O–H groups in total. The first-order valence-corrected chi connectivity index (χ1v) is 8.48. The highest BCUT2D eigenvalue weighted by molar-refractivity contribution is 6.12. The second-order valence-electron chi connectivity index (χ2n) is 6.40. The molecule has 10 heteroatoms. The number of aromatic nitrogens is 1. The number of rotatable bonds is 5. The average Bonchev–Trinajstić information content (AvgIpc) is 2.72. The summed E-state index contributed by atoms with van der Waals surface area (Å²) in [7, 11) is 1.11. The van der Waals surface area contributed by atoms with Gasteiger partial charge in [0.15, 0.2) is 6.10 Å². The van der Waals surface area contributed by atoms with Crippen molar-refractivity contribution in [1.82, 2.24) is 4.98 Å². The molecular weight excluding hydrogens is 411 g/mol. The number of nitrogens with zero attached hydrogens (tertiary/aromatic N) is 1. The molecule has 1 heterocycles. The highest BCUT2D eigenvalue weighted by Crippen LogP contribution is 2.40. The van der Waals surface area contributed by atoms with E-state index in [1.165, 1.54) is 12.1 Å². The molecule has 0 aliphatic carbocycles. The van der Waals surface area contributed by atoms with Crippen molar-refractivity contribution in [1.29, 1.82) is 0 Å². The number of carbonyl (C=O) groups is 1. The lowest BCUT2D eigenvalue weighted by molar-refractivity contribution is -0.137. The van der Waals surface area contributed by atoms with Gasteiger partial charge >= 0.3 is 12.1 Å². The van der Waals surface area contributed by atoms with Gasteiger partial charge in [-0.3, -0.25) is 4.79 Å². The Balaban J connectivity index is 2.04. The summed E-state index contributed by atoms with van der Waals surface area (Å²) in [5.74, 6) is -6.76. The number of fused-ring (bicyclic) bond motifs is 1. The Morgan fingerprint density at radius 2 is 1.67 bits per heavy atom. The average molecular weight is 426 g/mol. The Morgan fingerprint density at radius 1 is 1.07 bits per heavy atom. The fourth-order valence-corrected chi connectivity index (χ4v) is 2.94. The van der Waals surface area contributed by atoms with Crippen LogP contribution in [0.25, 0.3) is 10.9 Å². The lowest BCUT2D eigenvalue weighted by atomic mass is 9.94. The van der Waals surface area contributed by atoms with Crippen LogP contribution in [0.15, 0.2) is 48.5 Å². The number of pyridine rings is 1. The minimum atomic E-state index is -4.68. The molecule has 5 nitrogen and oxygen atoms in total. The van der Waals surface area contributed by atoms with Gasteiger partial charge in [-0.05, 0) is 23.8 Å². The van der Waals surface area contributed by atoms with E-state index in [4.69, 9.17) is 10.5 Å². The first-order chi connectivity index (χ1) is 14.0. The van der Waals surface area contributed by atoms with Gasteiger partial charge in [0.2, 0.25) is 11.7 Å². The van der Waals surface area contributed by atoms with E-state index in [0.717, 1.165) is 7.11 Å². The van der Waals surface area contributed by atoms with E-state index < -0.39 is 46.6 Å². The molecule has 0 aliphatic rings. The second kappa shape index (κ2) is 7.52. The summed E-state index contributed by atoms with van der Waals surface area (Å²) in [5, 5.41) is 10.3. The number of para-hydroxylation sites is 1. The summed E-state index contributed by atoms with van der Waals surface area (Å²) in [6, 6.07) is 8.62. The number of nitrogen functional groups attached to an aromatic ring is 1. The summed E-state index contributed by atoms with van der Waals surface area (Å²) in [6.45, 7) is 0. The van der Waals surface area contributed by atoms with Gasteiger partial charge in [-0.1, -0.05) is 30.3 Å².